The van der Waals surface area contributed by atoms with Gasteiger partial charge in [0.25, 0.3) is 0 Å². The maximum absolute atomic E-state index is 12.3. The van der Waals surface area contributed by atoms with Gasteiger partial charge >= 0.3 is 5.97 Å². The third-order valence-corrected chi connectivity index (χ3v) is 3.28. The number of aromatic nitrogens is 2. The van der Waals surface area contributed by atoms with Crippen LogP contribution in [-0.2, 0) is 30.4 Å². The smallest absolute Gasteiger partial charge is 0.326 e. The van der Waals surface area contributed by atoms with Gasteiger partial charge in [-0.25, -0.2) is 9.78 Å². The van der Waals surface area contributed by atoms with Crippen LogP contribution in [-0.4, -0.2) is 69.8 Å². The van der Waals surface area contributed by atoms with Gasteiger partial charge < -0.3 is 37.5 Å². The number of nitrogens with one attached hydrogen (secondary N) is 4. The van der Waals surface area contributed by atoms with E-state index in [-0.39, 0.29) is 13.0 Å². The van der Waals surface area contributed by atoms with E-state index in [9.17, 15) is 24.0 Å². The molecular formula is C14H21N7O6. The highest BCUT2D eigenvalue weighted by molar-refractivity contribution is 5.92. The number of aromatic amines is 1. The number of primary amides is 1. The maximum Gasteiger partial charge on any atom is 0.326 e. The average molecular weight is 383 g/mol. The van der Waals surface area contributed by atoms with Gasteiger partial charge in [0, 0.05) is 18.3 Å². The van der Waals surface area contributed by atoms with E-state index in [0.29, 0.717) is 5.69 Å². The first-order valence-electron chi connectivity index (χ1n) is 7.77. The van der Waals surface area contributed by atoms with Crippen molar-refractivity contribution in [2.24, 2.45) is 11.5 Å². The molecular weight excluding hydrogens is 362 g/mol. The minimum Gasteiger partial charge on any atom is -0.480 e. The van der Waals surface area contributed by atoms with Crippen molar-refractivity contribution in [3.63, 3.8) is 0 Å². The second-order valence-electron chi connectivity index (χ2n) is 5.45. The summed E-state index contributed by atoms with van der Waals surface area (Å²) < 4.78 is 0. The Balaban J connectivity index is 2.63. The third-order valence-electron chi connectivity index (χ3n) is 3.28. The molecule has 2 unspecified atom stereocenters. The summed E-state index contributed by atoms with van der Waals surface area (Å²) in [6.45, 7) is -0.903. The van der Waals surface area contributed by atoms with E-state index in [2.05, 4.69) is 25.9 Å². The first-order chi connectivity index (χ1) is 12.7. The lowest BCUT2D eigenvalue weighted by Gasteiger charge is -2.18. The van der Waals surface area contributed by atoms with Crippen LogP contribution in [0.25, 0.3) is 0 Å². The van der Waals surface area contributed by atoms with E-state index in [0.717, 1.165) is 0 Å². The molecule has 27 heavy (non-hydrogen) atoms. The molecule has 1 aromatic heterocycles. The van der Waals surface area contributed by atoms with E-state index in [4.69, 9.17) is 16.6 Å². The number of carboxylic acids is 1. The maximum atomic E-state index is 12.3. The SMILES string of the molecule is NCC(=O)NC(Cc1cnc[nH]1)C(=O)NCC(=O)NC(CC(N)=O)C(=O)O. The Kier molecular flexibility index (Phi) is 8.38. The Labute approximate surface area is 153 Å². The largest absolute Gasteiger partial charge is 0.480 e. The molecule has 0 bridgehead atoms. The average Bonchev–Trinajstić information content (AvgIpc) is 3.10. The lowest BCUT2D eigenvalue weighted by Crippen LogP contribution is -2.52. The number of carboxylic acid groups (broad SMARTS) is 1. The highest BCUT2D eigenvalue weighted by Gasteiger charge is 2.24. The van der Waals surface area contributed by atoms with Crippen LogP contribution in [0.15, 0.2) is 12.5 Å². The van der Waals surface area contributed by atoms with E-state index < -0.39 is 54.6 Å². The topological polar surface area (TPSA) is 222 Å². The van der Waals surface area contributed by atoms with Gasteiger partial charge in [0.2, 0.25) is 23.6 Å². The second-order valence-corrected chi connectivity index (χ2v) is 5.45. The minimum atomic E-state index is -1.51. The van der Waals surface area contributed by atoms with E-state index >= 15 is 0 Å². The van der Waals surface area contributed by atoms with Gasteiger partial charge in [0.1, 0.15) is 12.1 Å². The summed E-state index contributed by atoms with van der Waals surface area (Å²) in [4.78, 5) is 63.9. The lowest BCUT2D eigenvalue weighted by atomic mass is 10.1. The summed E-state index contributed by atoms with van der Waals surface area (Å²) in [5.41, 5.74) is 10.7. The number of hydrogen-bond acceptors (Lipinski definition) is 7. The van der Waals surface area contributed by atoms with Crippen molar-refractivity contribution in [3.8, 4) is 0 Å². The molecule has 0 aromatic carbocycles. The molecule has 148 valence electrons. The number of hydrogen-bond donors (Lipinski definition) is 7. The Hall–Kier alpha value is -3.48. The van der Waals surface area contributed by atoms with Crippen LogP contribution in [0.1, 0.15) is 12.1 Å². The van der Waals surface area contributed by atoms with Crippen LogP contribution in [0.2, 0.25) is 0 Å². The Morgan fingerprint density at radius 2 is 1.81 bits per heavy atom. The molecule has 13 nitrogen and oxygen atoms in total. The summed E-state index contributed by atoms with van der Waals surface area (Å²) in [6, 6.07) is -2.54. The number of nitrogens with two attached hydrogens (primary N) is 2. The van der Waals surface area contributed by atoms with Crippen LogP contribution in [0.5, 0.6) is 0 Å². The zero-order chi connectivity index (χ0) is 20.4. The van der Waals surface area contributed by atoms with Gasteiger partial charge in [-0.3, -0.25) is 19.2 Å². The molecule has 0 aliphatic carbocycles. The number of nitrogens with zero attached hydrogens (tertiary/aromatic N) is 1. The molecule has 0 fully saturated rings. The second kappa shape index (κ2) is 10.5. The van der Waals surface area contributed by atoms with Gasteiger partial charge in [0.05, 0.1) is 25.8 Å². The van der Waals surface area contributed by atoms with Crippen molar-refractivity contribution in [1.29, 1.82) is 0 Å². The molecule has 1 heterocycles. The van der Waals surface area contributed by atoms with Crippen LogP contribution in [0.3, 0.4) is 0 Å². The monoisotopic (exact) mass is 383 g/mol. The van der Waals surface area contributed by atoms with Crippen molar-refractivity contribution in [3.05, 3.63) is 18.2 Å². The lowest BCUT2D eigenvalue weighted by molar-refractivity contribution is -0.143. The van der Waals surface area contributed by atoms with Gasteiger partial charge in [-0.2, -0.15) is 0 Å². The highest BCUT2D eigenvalue weighted by Crippen LogP contribution is 1.99. The highest BCUT2D eigenvalue weighted by atomic mass is 16.4. The first kappa shape index (κ1) is 21.6. The van der Waals surface area contributed by atoms with Crippen molar-refractivity contribution in [2.75, 3.05) is 13.1 Å². The Morgan fingerprint density at radius 1 is 1.15 bits per heavy atom. The first-order valence-corrected chi connectivity index (χ1v) is 7.77. The third kappa shape index (κ3) is 7.96. The molecule has 0 saturated heterocycles. The fourth-order valence-corrected chi connectivity index (χ4v) is 2.02. The molecule has 1 rings (SSSR count). The molecule has 9 N–H and O–H groups in total. The Morgan fingerprint density at radius 3 is 2.33 bits per heavy atom. The Bertz CT molecular complexity index is 690. The van der Waals surface area contributed by atoms with Crippen molar-refractivity contribution < 1.29 is 29.1 Å². The predicted molar refractivity (Wildman–Crippen MR) is 89.7 cm³/mol. The standard InChI is InChI=1S/C14H21N7O6/c15-3-11(23)20-8(1-7-4-17-6-19-7)13(25)18-5-12(24)21-9(14(26)27)2-10(16)22/h4,6,8-9H,1-3,5,15H2,(H2,16,22)(H,17,19)(H,18,25)(H,20,23)(H,21,24)(H,26,27). The van der Waals surface area contributed by atoms with E-state index in [1.165, 1.54) is 12.5 Å². The molecule has 0 aliphatic rings. The number of imidazole rings is 1. The number of aliphatic carboxylic acids is 1. The van der Waals surface area contributed by atoms with Crippen LogP contribution in [0, 0.1) is 0 Å². The molecule has 0 spiro atoms. The minimum absolute atomic E-state index is 0.0681. The molecule has 13 heteroatoms. The molecule has 0 radical (unpaired) electrons. The van der Waals surface area contributed by atoms with Gasteiger partial charge in [-0.15, -0.1) is 0 Å². The normalized spacial score (nSPS) is 12.5. The molecule has 0 aliphatic heterocycles. The zero-order valence-corrected chi connectivity index (χ0v) is 14.2. The van der Waals surface area contributed by atoms with Gasteiger partial charge in [-0.05, 0) is 0 Å². The zero-order valence-electron chi connectivity index (χ0n) is 14.2. The fraction of sp³-hybridized carbons (Fsp3) is 0.429. The molecule has 0 saturated carbocycles. The van der Waals surface area contributed by atoms with Crippen LogP contribution in [0.4, 0.5) is 0 Å². The van der Waals surface area contributed by atoms with Gasteiger partial charge in [-0.1, -0.05) is 0 Å². The summed E-state index contributed by atoms with van der Waals surface area (Å²) in [5.74, 6) is -4.46. The fourth-order valence-electron chi connectivity index (χ4n) is 2.02. The molecule has 4 amide bonds. The number of H-pyrrole nitrogens is 1. The summed E-state index contributed by atoms with van der Waals surface area (Å²) in [6.07, 6.45) is 2.33. The van der Waals surface area contributed by atoms with Crippen LogP contribution >= 0.6 is 0 Å². The summed E-state index contributed by atoms with van der Waals surface area (Å²) in [5, 5.41) is 15.7. The molecule has 1 aromatic rings. The predicted octanol–water partition coefficient (Wildman–Crippen LogP) is -4.04. The summed E-state index contributed by atoms with van der Waals surface area (Å²) >= 11 is 0. The van der Waals surface area contributed by atoms with Crippen molar-refractivity contribution in [1.82, 2.24) is 25.9 Å². The number of rotatable bonds is 11. The summed E-state index contributed by atoms with van der Waals surface area (Å²) in [7, 11) is 0. The van der Waals surface area contributed by atoms with Crippen molar-refractivity contribution in [2.45, 2.75) is 24.9 Å². The molecule has 2 atom stereocenters. The van der Waals surface area contributed by atoms with E-state index in [1.807, 2.05) is 0 Å². The van der Waals surface area contributed by atoms with E-state index in [1.54, 1.807) is 0 Å². The van der Waals surface area contributed by atoms with Crippen LogP contribution < -0.4 is 27.4 Å². The number of carbonyl (C=O) groups excluding carboxylic acids is 4. The number of amides is 4. The van der Waals surface area contributed by atoms with Crippen molar-refractivity contribution >= 4 is 29.6 Å². The quantitative estimate of drug-likeness (QED) is 0.199. The number of carbonyl (C=O) groups is 5. The van der Waals surface area contributed by atoms with Gasteiger partial charge in [0.15, 0.2) is 0 Å².